The van der Waals surface area contributed by atoms with Gasteiger partial charge in [0.2, 0.25) is 0 Å². The highest BCUT2D eigenvalue weighted by atomic mass is 35.5. The van der Waals surface area contributed by atoms with E-state index in [4.69, 9.17) is 11.6 Å². The van der Waals surface area contributed by atoms with Gasteiger partial charge in [-0.1, -0.05) is 18.2 Å². The van der Waals surface area contributed by atoms with Crippen LogP contribution >= 0.6 is 11.6 Å². The zero-order valence-corrected chi connectivity index (χ0v) is 7.19. The molecule has 0 unspecified atom stereocenters. The smallest absolute Gasteiger partial charge is 0.267 e. The maximum Gasteiger partial charge on any atom is 0.267 e. The average Bonchev–Trinajstić information content (AvgIpc) is 2.51. The molecule has 1 amide bonds. The second-order valence-electron chi connectivity index (χ2n) is 2.28. The molecule has 1 aromatic rings. The van der Waals surface area contributed by atoms with E-state index in [1.54, 1.807) is 18.3 Å². The summed E-state index contributed by atoms with van der Waals surface area (Å²) in [4.78, 5) is 13.9. The molecule has 0 radical (unpaired) electrons. The van der Waals surface area contributed by atoms with Crippen LogP contribution < -0.4 is 5.32 Å². The summed E-state index contributed by atoms with van der Waals surface area (Å²) in [5, 5.41) is 2.99. The maximum atomic E-state index is 11.2. The highest BCUT2D eigenvalue weighted by Crippen LogP contribution is 1.96. The lowest BCUT2D eigenvalue weighted by atomic mass is 10.4. The van der Waals surface area contributed by atoms with Crippen LogP contribution in [0.15, 0.2) is 29.9 Å². The van der Waals surface area contributed by atoms with Gasteiger partial charge in [-0.15, -0.1) is 0 Å². The van der Waals surface area contributed by atoms with Crippen LogP contribution in [-0.2, 0) is 0 Å². The molecular weight excluding hydrogens is 176 g/mol. The van der Waals surface area contributed by atoms with Crippen LogP contribution in [-0.4, -0.2) is 17.4 Å². The Morgan fingerprint density at radius 3 is 3.00 bits per heavy atom. The first kappa shape index (κ1) is 8.87. The zero-order chi connectivity index (χ0) is 8.97. The molecule has 0 aliphatic heterocycles. The second kappa shape index (κ2) is 3.97. The minimum absolute atomic E-state index is 0.179. The van der Waals surface area contributed by atoms with Crippen molar-refractivity contribution in [2.45, 2.75) is 0 Å². The van der Waals surface area contributed by atoms with Crippen molar-refractivity contribution in [3.8, 4) is 0 Å². The molecule has 1 rings (SSSR count). The van der Waals surface area contributed by atoms with Gasteiger partial charge in [0.15, 0.2) is 0 Å². The topological polar surface area (TPSA) is 44.9 Å². The van der Waals surface area contributed by atoms with Crippen LogP contribution in [0.25, 0.3) is 0 Å². The number of amides is 1. The summed E-state index contributed by atoms with van der Waals surface area (Å²) in [7, 11) is 0. The zero-order valence-electron chi connectivity index (χ0n) is 6.43. The molecule has 0 aliphatic carbocycles. The summed E-state index contributed by atoms with van der Waals surface area (Å²) >= 11 is 5.46. The van der Waals surface area contributed by atoms with Gasteiger partial charge in [0.25, 0.3) is 5.91 Å². The van der Waals surface area contributed by atoms with Crippen molar-refractivity contribution < 1.29 is 4.79 Å². The van der Waals surface area contributed by atoms with Crippen molar-refractivity contribution in [1.29, 1.82) is 0 Å². The van der Waals surface area contributed by atoms with Crippen LogP contribution in [0.4, 0.5) is 0 Å². The van der Waals surface area contributed by atoms with E-state index in [1.807, 2.05) is 0 Å². The number of nitrogens with one attached hydrogen (secondary N) is 2. The number of H-pyrrole nitrogens is 1. The van der Waals surface area contributed by atoms with Crippen LogP contribution in [0.1, 0.15) is 10.5 Å². The minimum Gasteiger partial charge on any atom is -0.357 e. The van der Waals surface area contributed by atoms with Gasteiger partial charge in [0, 0.05) is 11.2 Å². The van der Waals surface area contributed by atoms with E-state index in [9.17, 15) is 4.79 Å². The number of rotatable bonds is 3. The number of hydrogen-bond acceptors (Lipinski definition) is 1. The van der Waals surface area contributed by atoms with Gasteiger partial charge in [0.1, 0.15) is 5.69 Å². The number of aromatic nitrogens is 1. The molecule has 1 heterocycles. The largest absolute Gasteiger partial charge is 0.357 e. The fourth-order valence-corrected chi connectivity index (χ4v) is 0.810. The summed E-state index contributed by atoms with van der Waals surface area (Å²) in [5.41, 5.74) is 0.521. The van der Waals surface area contributed by atoms with E-state index in [2.05, 4.69) is 16.9 Å². The third kappa shape index (κ3) is 2.43. The van der Waals surface area contributed by atoms with E-state index in [-0.39, 0.29) is 5.91 Å². The Morgan fingerprint density at radius 2 is 2.50 bits per heavy atom. The minimum atomic E-state index is -0.179. The lowest BCUT2D eigenvalue weighted by Crippen LogP contribution is -2.24. The Bertz CT molecular complexity index is 279. The summed E-state index contributed by atoms with van der Waals surface area (Å²) < 4.78 is 0. The number of carbonyl (C=O) groups excluding carboxylic acids is 1. The van der Waals surface area contributed by atoms with E-state index >= 15 is 0 Å². The van der Waals surface area contributed by atoms with E-state index in [1.165, 1.54) is 0 Å². The van der Waals surface area contributed by atoms with Crippen molar-refractivity contribution in [3.63, 3.8) is 0 Å². The predicted octanol–water partition coefficient (Wildman–Crippen LogP) is 1.50. The molecular formula is C8H9ClN2O. The van der Waals surface area contributed by atoms with E-state index < -0.39 is 0 Å². The van der Waals surface area contributed by atoms with Crippen molar-refractivity contribution in [3.05, 3.63) is 35.6 Å². The summed E-state index contributed by atoms with van der Waals surface area (Å²) in [6, 6.07) is 3.44. The fourth-order valence-electron chi connectivity index (χ4n) is 0.743. The fraction of sp³-hybridized carbons (Fsp3) is 0.125. The van der Waals surface area contributed by atoms with Crippen molar-refractivity contribution >= 4 is 17.5 Å². The molecule has 3 nitrogen and oxygen atoms in total. The van der Waals surface area contributed by atoms with Gasteiger partial charge in [0.05, 0.1) is 6.54 Å². The van der Waals surface area contributed by atoms with Crippen LogP contribution in [0, 0.1) is 0 Å². The Hall–Kier alpha value is -1.22. The molecule has 12 heavy (non-hydrogen) atoms. The van der Waals surface area contributed by atoms with Crippen molar-refractivity contribution in [2.24, 2.45) is 0 Å². The molecule has 0 bridgehead atoms. The quantitative estimate of drug-likeness (QED) is 0.735. The normalized spacial score (nSPS) is 9.42. The Kier molecular flexibility index (Phi) is 2.94. The first-order chi connectivity index (χ1) is 5.70. The molecule has 0 atom stereocenters. The molecule has 0 aliphatic rings. The van der Waals surface area contributed by atoms with E-state index in [0.29, 0.717) is 17.3 Å². The van der Waals surface area contributed by atoms with Gasteiger partial charge in [-0.3, -0.25) is 4.79 Å². The predicted molar refractivity (Wildman–Crippen MR) is 48.1 cm³/mol. The van der Waals surface area contributed by atoms with Gasteiger partial charge in [-0.25, -0.2) is 0 Å². The maximum absolute atomic E-state index is 11.2. The Morgan fingerprint density at radius 1 is 1.75 bits per heavy atom. The monoisotopic (exact) mass is 184 g/mol. The number of hydrogen-bond donors (Lipinski definition) is 2. The first-order valence-electron chi connectivity index (χ1n) is 3.45. The van der Waals surface area contributed by atoms with Gasteiger partial charge in [-0.2, -0.15) is 0 Å². The summed E-state index contributed by atoms with van der Waals surface area (Å²) in [6.07, 6.45) is 1.68. The summed E-state index contributed by atoms with van der Waals surface area (Å²) in [5.74, 6) is -0.179. The SMILES string of the molecule is C=C(Cl)CNC(=O)c1ccc[nH]1. The highest BCUT2D eigenvalue weighted by molar-refractivity contribution is 6.29. The Balaban J connectivity index is 2.45. The van der Waals surface area contributed by atoms with Crippen molar-refractivity contribution in [1.82, 2.24) is 10.3 Å². The summed E-state index contributed by atoms with van der Waals surface area (Å²) in [6.45, 7) is 3.74. The lowest BCUT2D eigenvalue weighted by Gasteiger charge is -2.00. The molecule has 0 saturated heterocycles. The molecule has 4 heteroatoms. The van der Waals surface area contributed by atoms with Gasteiger partial charge in [-0.05, 0) is 12.1 Å². The molecule has 0 saturated carbocycles. The molecule has 0 spiro atoms. The van der Waals surface area contributed by atoms with Crippen molar-refractivity contribution in [2.75, 3.05) is 6.54 Å². The van der Waals surface area contributed by atoms with Crippen LogP contribution in [0.3, 0.4) is 0 Å². The van der Waals surface area contributed by atoms with Gasteiger partial charge < -0.3 is 10.3 Å². The first-order valence-corrected chi connectivity index (χ1v) is 3.83. The van der Waals surface area contributed by atoms with Crippen LogP contribution in [0.5, 0.6) is 0 Å². The van der Waals surface area contributed by atoms with Gasteiger partial charge >= 0.3 is 0 Å². The van der Waals surface area contributed by atoms with Crippen LogP contribution in [0.2, 0.25) is 0 Å². The third-order valence-electron chi connectivity index (χ3n) is 1.28. The second-order valence-corrected chi connectivity index (χ2v) is 2.82. The number of carbonyl (C=O) groups is 1. The standard InChI is InChI=1S/C8H9ClN2O/c1-6(9)5-11-8(12)7-3-2-4-10-7/h2-4,10H,1,5H2,(H,11,12). The number of aromatic amines is 1. The molecule has 2 N–H and O–H groups in total. The third-order valence-corrected chi connectivity index (χ3v) is 1.42. The van der Waals surface area contributed by atoms with E-state index in [0.717, 1.165) is 0 Å². The highest BCUT2D eigenvalue weighted by Gasteiger charge is 2.03. The molecule has 0 aromatic carbocycles. The number of halogens is 1. The molecule has 1 aromatic heterocycles. The average molecular weight is 185 g/mol. The Labute approximate surface area is 75.4 Å². The lowest BCUT2D eigenvalue weighted by molar-refractivity contribution is 0.0953. The molecule has 64 valence electrons. The molecule has 0 fully saturated rings.